The predicted molar refractivity (Wildman–Crippen MR) is 136 cm³/mol. The van der Waals surface area contributed by atoms with E-state index < -0.39 is 15.9 Å². The van der Waals surface area contributed by atoms with E-state index in [2.05, 4.69) is 5.32 Å². The van der Waals surface area contributed by atoms with Crippen LogP contribution in [0.1, 0.15) is 19.3 Å². The number of ether oxygens (including phenoxy) is 2. The first-order valence-corrected chi connectivity index (χ1v) is 13.3. The number of piperidine rings is 1. The van der Waals surface area contributed by atoms with E-state index in [1.807, 2.05) is 18.2 Å². The number of anilines is 1. The molecule has 1 fully saturated rings. The summed E-state index contributed by atoms with van der Waals surface area (Å²) >= 11 is 12.4. The van der Waals surface area contributed by atoms with Crippen molar-refractivity contribution in [2.45, 2.75) is 24.2 Å². The van der Waals surface area contributed by atoms with Crippen molar-refractivity contribution in [3.8, 4) is 17.2 Å². The molecule has 1 N–H and O–H groups in total. The molecule has 0 aromatic heterocycles. The third-order valence-electron chi connectivity index (χ3n) is 5.40. The maximum Gasteiger partial charge on any atom is 0.262 e. The van der Waals surface area contributed by atoms with Gasteiger partial charge < -0.3 is 14.8 Å². The van der Waals surface area contributed by atoms with E-state index in [9.17, 15) is 13.2 Å². The van der Waals surface area contributed by atoms with Crippen molar-refractivity contribution in [3.63, 3.8) is 0 Å². The second kappa shape index (κ2) is 11.3. The van der Waals surface area contributed by atoms with Crippen molar-refractivity contribution in [3.05, 3.63) is 76.8 Å². The molecule has 1 aliphatic rings. The third kappa shape index (κ3) is 6.46. The summed E-state index contributed by atoms with van der Waals surface area (Å²) in [5, 5.41) is 3.25. The Bertz CT molecular complexity index is 1300. The van der Waals surface area contributed by atoms with Gasteiger partial charge in [0.05, 0.1) is 15.6 Å². The molecule has 0 radical (unpaired) electrons. The highest BCUT2D eigenvalue weighted by Gasteiger charge is 2.26. The standard InChI is InChI=1S/C25H24Cl2N2O5S/c26-18-9-11-24(34-19-7-3-1-4-8-19)22(15-18)28-25(30)17-33-23-12-10-20(16-21(23)27)35(31,32)29-13-5-2-6-14-29/h1,3-4,7-12,15-16H,2,5-6,13-14,17H2,(H,28,30). The largest absolute Gasteiger partial charge is 0.482 e. The number of amides is 1. The monoisotopic (exact) mass is 534 g/mol. The highest BCUT2D eigenvalue weighted by Crippen LogP contribution is 2.33. The van der Waals surface area contributed by atoms with Crippen LogP contribution in [-0.4, -0.2) is 38.3 Å². The van der Waals surface area contributed by atoms with Crippen molar-refractivity contribution < 1.29 is 22.7 Å². The predicted octanol–water partition coefficient (Wildman–Crippen LogP) is 5.98. The molecular weight excluding hydrogens is 511 g/mol. The summed E-state index contributed by atoms with van der Waals surface area (Å²) in [6.07, 6.45) is 2.71. The van der Waals surface area contributed by atoms with E-state index >= 15 is 0 Å². The van der Waals surface area contributed by atoms with Crippen LogP contribution < -0.4 is 14.8 Å². The molecule has 3 aromatic rings. The number of nitrogens with one attached hydrogen (secondary N) is 1. The van der Waals surface area contributed by atoms with Gasteiger partial charge in [0.25, 0.3) is 5.91 Å². The Morgan fingerprint density at radius 2 is 1.63 bits per heavy atom. The zero-order chi connectivity index (χ0) is 24.8. The fourth-order valence-corrected chi connectivity index (χ4v) is 5.66. The van der Waals surface area contributed by atoms with Crippen LogP contribution in [0.4, 0.5) is 5.69 Å². The van der Waals surface area contributed by atoms with Crippen molar-refractivity contribution in [1.29, 1.82) is 0 Å². The Morgan fingerprint density at radius 1 is 0.914 bits per heavy atom. The average molecular weight is 535 g/mol. The SMILES string of the molecule is O=C(COc1ccc(S(=O)(=O)N2CCCCC2)cc1Cl)Nc1cc(Cl)ccc1Oc1ccccc1. The molecule has 1 aliphatic heterocycles. The van der Waals surface area contributed by atoms with Gasteiger partial charge in [-0.15, -0.1) is 0 Å². The summed E-state index contributed by atoms with van der Waals surface area (Å²) in [5.41, 5.74) is 0.379. The van der Waals surface area contributed by atoms with Gasteiger partial charge in [0.1, 0.15) is 11.5 Å². The molecule has 7 nitrogen and oxygen atoms in total. The number of nitrogens with zero attached hydrogens (tertiary/aromatic N) is 1. The van der Waals surface area contributed by atoms with Gasteiger partial charge in [-0.1, -0.05) is 47.8 Å². The molecule has 0 saturated carbocycles. The van der Waals surface area contributed by atoms with E-state index in [4.69, 9.17) is 32.7 Å². The molecule has 0 spiro atoms. The van der Waals surface area contributed by atoms with Crippen LogP contribution in [0.3, 0.4) is 0 Å². The van der Waals surface area contributed by atoms with Crippen LogP contribution in [0.15, 0.2) is 71.6 Å². The molecule has 0 unspecified atom stereocenters. The van der Waals surface area contributed by atoms with Gasteiger partial charge in [-0.2, -0.15) is 4.31 Å². The quantitative estimate of drug-likeness (QED) is 0.384. The first-order valence-electron chi connectivity index (χ1n) is 11.1. The summed E-state index contributed by atoms with van der Waals surface area (Å²) in [7, 11) is -3.62. The lowest BCUT2D eigenvalue weighted by atomic mass is 10.2. The van der Waals surface area contributed by atoms with Crippen LogP contribution in [-0.2, 0) is 14.8 Å². The summed E-state index contributed by atoms with van der Waals surface area (Å²) in [6, 6.07) is 18.3. The third-order valence-corrected chi connectivity index (χ3v) is 7.83. The first kappa shape index (κ1) is 25.3. The topological polar surface area (TPSA) is 84.9 Å². The lowest BCUT2D eigenvalue weighted by Crippen LogP contribution is -2.35. The van der Waals surface area contributed by atoms with E-state index in [1.165, 1.54) is 22.5 Å². The highest BCUT2D eigenvalue weighted by molar-refractivity contribution is 7.89. The van der Waals surface area contributed by atoms with E-state index in [0.29, 0.717) is 35.3 Å². The summed E-state index contributed by atoms with van der Waals surface area (Å²) < 4.78 is 38.6. The Kier molecular flexibility index (Phi) is 8.18. The van der Waals surface area contributed by atoms with Gasteiger partial charge in [-0.3, -0.25) is 4.79 Å². The lowest BCUT2D eigenvalue weighted by Gasteiger charge is -2.26. The van der Waals surface area contributed by atoms with Crippen LogP contribution in [0, 0.1) is 0 Å². The second-order valence-corrected chi connectivity index (χ2v) is 10.7. The summed E-state index contributed by atoms with van der Waals surface area (Å²) in [5.74, 6) is 0.754. The molecule has 1 heterocycles. The number of para-hydroxylation sites is 1. The molecule has 1 saturated heterocycles. The molecule has 0 bridgehead atoms. The zero-order valence-corrected chi connectivity index (χ0v) is 21.1. The minimum Gasteiger partial charge on any atom is -0.482 e. The number of benzene rings is 3. The Labute approximate surface area is 214 Å². The summed E-state index contributed by atoms with van der Waals surface area (Å²) in [4.78, 5) is 12.7. The smallest absolute Gasteiger partial charge is 0.262 e. The molecule has 0 atom stereocenters. The minimum atomic E-state index is -3.62. The Hall–Kier alpha value is -2.78. The fourth-order valence-electron chi connectivity index (χ4n) is 3.65. The molecular formula is C25H24Cl2N2O5S. The second-order valence-electron chi connectivity index (χ2n) is 7.95. The first-order chi connectivity index (χ1) is 16.8. The maximum atomic E-state index is 12.9. The number of hydrogen-bond donors (Lipinski definition) is 1. The van der Waals surface area contributed by atoms with Crippen LogP contribution in [0.5, 0.6) is 17.2 Å². The number of rotatable bonds is 8. The highest BCUT2D eigenvalue weighted by atomic mass is 35.5. The average Bonchev–Trinajstić information content (AvgIpc) is 2.86. The number of sulfonamides is 1. The van der Waals surface area contributed by atoms with Crippen molar-refractivity contribution >= 4 is 44.8 Å². The normalized spacial score (nSPS) is 14.3. The number of halogens is 2. The fraction of sp³-hybridized carbons (Fsp3) is 0.240. The number of carbonyl (C=O) groups excluding carboxylic acids is 1. The number of hydrogen-bond acceptors (Lipinski definition) is 5. The van der Waals surface area contributed by atoms with Crippen molar-refractivity contribution in [2.24, 2.45) is 0 Å². The summed E-state index contributed by atoms with van der Waals surface area (Å²) in [6.45, 7) is 0.644. The maximum absolute atomic E-state index is 12.9. The minimum absolute atomic E-state index is 0.0998. The van der Waals surface area contributed by atoms with Gasteiger partial charge in [0.2, 0.25) is 10.0 Å². The molecule has 35 heavy (non-hydrogen) atoms. The van der Waals surface area contributed by atoms with Crippen LogP contribution >= 0.6 is 23.2 Å². The van der Waals surface area contributed by atoms with Gasteiger partial charge in [0.15, 0.2) is 12.4 Å². The van der Waals surface area contributed by atoms with Gasteiger partial charge in [-0.25, -0.2) is 8.42 Å². The molecule has 10 heteroatoms. The van der Waals surface area contributed by atoms with E-state index in [-0.39, 0.29) is 22.3 Å². The van der Waals surface area contributed by atoms with E-state index in [0.717, 1.165) is 19.3 Å². The van der Waals surface area contributed by atoms with Crippen molar-refractivity contribution in [1.82, 2.24) is 4.31 Å². The molecule has 4 rings (SSSR count). The Morgan fingerprint density at radius 3 is 2.34 bits per heavy atom. The van der Waals surface area contributed by atoms with Crippen LogP contribution in [0.25, 0.3) is 0 Å². The molecule has 1 amide bonds. The molecule has 3 aromatic carbocycles. The van der Waals surface area contributed by atoms with Gasteiger partial charge in [0, 0.05) is 18.1 Å². The van der Waals surface area contributed by atoms with Gasteiger partial charge in [-0.05, 0) is 61.4 Å². The van der Waals surface area contributed by atoms with E-state index in [1.54, 1.807) is 30.3 Å². The molecule has 0 aliphatic carbocycles. The number of carbonyl (C=O) groups is 1. The molecule has 184 valence electrons. The Balaban J connectivity index is 1.41. The zero-order valence-electron chi connectivity index (χ0n) is 18.7. The van der Waals surface area contributed by atoms with Crippen LogP contribution in [0.2, 0.25) is 10.0 Å². The lowest BCUT2D eigenvalue weighted by molar-refractivity contribution is -0.118. The van der Waals surface area contributed by atoms with Crippen molar-refractivity contribution in [2.75, 3.05) is 25.0 Å². The van der Waals surface area contributed by atoms with Gasteiger partial charge >= 0.3 is 0 Å².